The van der Waals surface area contributed by atoms with Gasteiger partial charge in [-0.05, 0) is 31.7 Å². The van der Waals surface area contributed by atoms with E-state index in [1.807, 2.05) is 0 Å². The van der Waals surface area contributed by atoms with Crippen molar-refractivity contribution in [3.05, 3.63) is 28.6 Å². The lowest BCUT2D eigenvalue weighted by Gasteiger charge is -2.37. The molecule has 2 fully saturated rings. The lowest BCUT2D eigenvalue weighted by Crippen LogP contribution is -2.49. The van der Waals surface area contributed by atoms with Gasteiger partial charge in [-0.2, -0.15) is 0 Å². The summed E-state index contributed by atoms with van der Waals surface area (Å²) in [5.41, 5.74) is 0.397. The van der Waals surface area contributed by atoms with Crippen LogP contribution in [0.4, 0.5) is 16.2 Å². The van der Waals surface area contributed by atoms with Crippen molar-refractivity contribution in [2.45, 2.75) is 43.8 Å². The molecule has 2 N–H and O–H groups in total. The number of hydrogen-bond acceptors (Lipinski definition) is 5. The van der Waals surface area contributed by atoms with Crippen LogP contribution < -0.4 is 5.32 Å². The molecular weight excluding hydrogens is 276 g/mol. The lowest BCUT2D eigenvalue weighted by atomic mass is 9.97. The van der Waals surface area contributed by atoms with Crippen molar-refractivity contribution in [1.82, 2.24) is 9.88 Å². The van der Waals surface area contributed by atoms with Gasteiger partial charge in [-0.15, -0.1) is 0 Å². The lowest BCUT2D eigenvalue weighted by molar-refractivity contribution is -0.384. The first-order valence-corrected chi connectivity index (χ1v) is 6.92. The summed E-state index contributed by atoms with van der Waals surface area (Å²) in [6, 6.07) is 1.67. The van der Waals surface area contributed by atoms with Crippen LogP contribution in [-0.4, -0.2) is 44.1 Å². The van der Waals surface area contributed by atoms with E-state index in [9.17, 15) is 20.0 Å². The molecule has 2 aliphatic heterocycles. The van der Waals surface area contributed by atoms with E-state index >= 15 is 0 Å². The largest absolute Gasteiger partial charge is 0.465 e. The molecule has 0 aliphatic carbocycles. The van der Waals surface area contributed by atoms with Gasteiger partial charge in [0.25, 0.3) is 0 Å². The van der Waals surface area contributed by atoms with Gasteiger partial charge in [0, 0.05) is 24.3 Å². The number of rotatable bonds is 3. The average molecular weight is 292 g/mol. The van der Waals surface area contributed by atoms with Crippen molar-refractivity contribution < 1.29 is 14.8 Å². The number of carbonyl (C=O) groups is 1. The normalized spacial score (nSPS) is 27.4. The van der Waals surface area contributed by atoms with Crippen molar-refractivity contribution in [2.75, 3.05) is 5.32 Å². The molecule has 2 atom stereocenters. The van der Waals surface area contributed by atoms with E-state index in [4.69, 9.17) is 0 Å². The highest BCUT2D eigenvalue weighted by Gasteiger charge is 2.43. The zero-order chi connectivity index (χ0) is 15.0. The van der Waals surface area contributed by atoms with Crippen LogP contribution in [0.15, 0.2) is 18.5 Å². The van der Waals surface area contributed by atoms with E-state index in [0.29, 0.717) is 18.5 Å². The predicted molar refractivity (Wildman–Crippen MR) is 74.2 cm³/mol. The van der Waals surface area contributed by atoms with Crippen molar-refractivity contribution >= 4 is 17.5 Å². The number of amides is 1. The predicted octanol–water partition coefficient (Wildman–Crippen LogP) is 2.08. The second kappa shape index (κ2) is 5.19. The molecule has 0 spiro atoms. The maximum atomic E-state index is 11.2. The summed E-state index contributed by atoms with van der Waals surface area (Å²) in [6.45, 7) is 0. The fraction of sp³-hybridized carbons (Fsp3) is 0.538. The molecule has 0 radical (unpaired) electrons. The molecule has 2 saturated heterocycles. The second-order valence-corrected chi connectivity index (χ2v) is 5.54. The van der Waals surface area contributed by atoms with Gasteiger partial charge in [-0.1, -0.05) is 0 Å². The maximum absolute atomic E-state index is 11.2. The van der Waals surface area contributed by atoms with Crippen LogP contribution in [0.25, 0.3) is 0 Å². The summed E-state index contributed by atoms with van der Waals surface area (Å²) in [5, 5.41) is 23.4. The molecule has 8 nitrogen and oxygen atoms in total. The molecule has 2 unspecified atom stereocenters. The van der Waals surface area contributed by atoms with Gasteiger partial charge in [0.1, 0.15) is 11.9 Å². The number of pyridine rings is 1. The Morgan fingerprint density at radius 1 is 1.43 bits per heavy atom. The molecule has 1 aromatic heterocycles. The first kappa shape index (κ1) is 13.6. The third-order valence-corrected chi connectivity index (χ3v) is 4.31. The van der Waals surface area contributed by atoms with Gasteiger partial charge in [-0.3, -0.25) is 15.1 Å². The summed E-state index contributed by atoms with van der Waals surface area (Å²) >= 11 is 0. The molecular formula is C13H16N4O4. The van der Waals surface area contributed by atoms with Gasteiger partial charge in [0.15, 0.2) is 0 Å². The van der Waals surface area contributed by atoms with E-state index in [1.165, 1.54) is 12.4 Å². The molecule has 1 aromatic rings. The fourth-order valence-electron chi connectivity index (χ4n) is 3.48. The summed E-state index contributed by atoms with van der Waals surface area (Å²) in [7, 11) is 0. The molecule has 8 heteroatoms. The molecule has 112 valence electrons. The minimum absolute atomic E-state index is 0.0136. The van der Waals surface area contributed by atoms with Crippen molar-refractivity contribution in [2.24, 2.45) is 0 Å². The smallest absolute Gasteiger partial charge is 0.407 e. The number of fused-ring (bicyclic) bond motifs is 2. The minimum atomic E-state index is -0.865. The Kier molecular flexibility index (Phi) is 3.36. The number of nitro groups is 1. The number of carboxylic acid groups (broad SMARTS) is 1. The zero-order valence-corrected chi connectivity index (χ0v) is 11.3. The van der Waals surface area contributed by atoms with Crippen molar-refractivity contribution in [3.63, 3.8) is 0 Å². The van der Waals surface area contributed by atoms with E-state index in [2.05, 4.69) is 10.3 Å². The number of hydrogen-bond donors (Lipinski definition) is 2. The highest BCUT2D eigenvalue weighted by Crippen LogP contribution is 2.37. The second-order valence-electron chi connectivity index (χ2n) is 5.54. The van der Waals surface area contributed by atoms with Gasteiger partial charge >= 0.3 is 11.8 Å². The van der Waals surface area contributed by atoms with Crippen LogP contribution in [0, 0.1) is 10.1 Å². The molecule has 21 heavy (non-hydrogen) atoms. The highest BCUT2D eigenvalue weighted by atomic mass is 16.6. The topological polar surface area (TPSA) is 109 Å². The quantitative estimate of drug-likeness (QED) is 0.652. The van der Waals surface area contributed by atoms with E-state index < -0.39 is 11.0 Å². The molecule has 0 saturated carbocycles. The highest BCUT2D eigenvalue weighted by molar-refractivity contribution is 5.67. The summed E-state index contributed by atoms with van der Waals surface area (Å²) in [6.07, 6.45) is 4.97. The molecule has 1 amide bonds. The fourth-order valence-corrected chi connectivity index (χ4v) is 3.48. The van der Waals surface area contributed by atoms with Crippen LogP contribution in [-0.2, 0) is 0 Å². The summed E-state index contributed by atoms with van der Waals surface area (Å²) in [5.74, 6) is 0. The van der Waals surface area contributed by atoms with Crippen molar-refractivity contribution in [3.8, 4) is 0 Å². The van der Waals surface area contributed by atoms with Gasteiger partial charge < -0.3 is 15.3 Å². The van der Waals surface area contributed by atoms with E-state index in [0.717, 1.165) is 12.8 Å². The molecule has 2 bridgehead atoms. The third-order valence-electron chi connectivity index (χ3n) is 4.31. The Labute approximate surface area is 120 Å². The van der Waals surface area contributed by atoms with Gasteiger partial charge in [0.05, 0.1) is 4.92 Å². The van der Waals surface area contributed by atoms with E-state index in [1.54, 1.807) is 11.0 Å². The first-order chi connectivity index (χ1) is 10.1. The maximum Gasteiger partial charge on any atom is 0.407 e. The molecule has 3 rings (SSSR count). The Bertz CT molecular complexity index is 565. The number of aromatic nitrogens is 1. The Morgan fingerprint density at radius 2 is 2.10 bits per heavy atom. The van der Waals surface area contributed by atoms with Gasteiger partial charge in [0.2, 0.25) is 0 Å². The Morgan fingerprint density at radius 3 is 2.67 bits per heavy atom. The molecule has 2 aliphatic rings. The zero-order valence-electron chi connectivity index (χ0n) is 11.3. The number of anilines is 1. The van der Waals surface area contributed by atoms with Crippen LogP contribution in [0.2, 0.25) is 0 Å². The summed E-state index contributed by atoms with van der Waals surface area (Å²) in [4.78, 5) is 27.1. The number of nitrogens with one attached hydrogen (secondary N) is 1. The van der Waals surface area contributed by atoms with E-state index in [-0.39, 0.29) is 23.8 Å². The summed E-state index contributed by atoms with van der Waals surface area (Å²) < 4.78 is 0. The standard InChI is InChI=1S/C13H16N4O4/c18-13(19)16-9-1-2-10(16)6-8(5-9)15-11-3-4-14-7-12(11)17(20)21/h3-4,7-10H,1-2,5-6H2,(H,14,15)(H,18,19). The van der Waals surface area contributed by atoms with Crippen LogP contribution >= 0.6 is 0 Å². The average Bonchev–Trinajstić information content (AvgIpc) is 2.71. The molecule has 3 heterocycles. The van der Waals surface area contributed by atoms with Crippen molar-refractivity contribution in [1.29, 1.82) is 0 Å². The van der Waals surface area contributed by atoms with Gasteiger partial charge in [-0.25, -0.2) is 4.79 Å². The third kappa shape index (κ3) is 2.48. The Balaban J connectivity index is 1.74. The number of piperidine rings is 1. The SMILES string of the molecule is O=C(O)N1C2CCC1CC(Nc1ccncc1[N+](=O)[O-])C2. The molecule has 0 aromatic carbocycles. The monoisotopic (exact) mass is 292 g/mol. The van der Waals surface area contributed by atoms with Crippen LogP contribution in [0.3, 0.4) is 0 Å². The van der Waals surface area contributed by atoms with Crippen LogP contribution in [0.1, 0.15) is 25.7 Å². The minimum Gasteiger partial charge on any atom is -0.465 e. The first-order valence-electron chi connectivity index (χ1n) is 6.92. The Hall–Kier alpha value is -2.38. The number of nitrogens with zero attached hydrogens (tertiary/aromatic N) is 3. The van der Waals surface area contributed by atoms with Crippen LogP contribution in [0.5, 0.6) is 0 Å².